The Labute approximate surface area is 85.9 Å². The van der Waals surface area contributed by atoms with Gasteiger partial charge in [0.1, 0.15) is 11.3 Å². The maximum absolute atomic E-state index is 11.5. The molecule has 0 heterocycles. The van der Waals surface area contributed by atoms with E-state index in [0.717, 1.165) is 0 Å². The largest absolute Gasteiger partial charge is 0.455 e. The van der Waals surface area contributed by atoms with E-state index < -0.39 is 5.60 Å². The van der Waals surface area contributed by atoms with Crippen molar-refractivity contribution in [2.45, 2.75) is 39.7 Å². The fourth-order valence-corrected chi connectivity index (χ4v) is 0.834. The normalized spacial score (nSPS) is 12.6. The Kier molecular flexibility index (Phi) is 4.60. The molecular formula is C10H20N2O2. The smallest absolute Gasteiger partial charge is 0.354 e. The van der Waals surface area contributed by atoms with Gasteiger partial charge in [-0.05, 0) is 27.2 Å². The molecule has 0 spiro atoms. The van der Waals surface area contributed by atoms with Crippen LogP contribution in [0.1, 0.15) is 34.1 Å². The van der Waals surface area contributed by atoms with Crippen LogP contribution in [0.5, 0.6) is 0 Å². The van der Waals surface area contributed by atoms with Gasteiger partial charge in [0, 0.05) is 14.1 Å². The fraction of sp³-hybridized carbons (Fsp3) is 0.800. The van der Waals surface area contributed by atoms with Gasteiger partial charge >= 0.3 is 5.97 Å². The second kappa shape index (κ2) is 4.98. The molecule has 0 aliphatic carbocycles. The van der Waals surface area contributed by atoms with Crippen molar-refractivity contribution in [3.05, 3.63) is 0 Å². The van der Waals surface area contributed by atoms with Crippen LogP contribution in [0.3, 0.4) is 0 Å². The topological polar surface area (TPSA) is 41.9 Å². The molecular weight excluding hydrogens is 181 g/mol. The van der Waals surface area contributed by atoms with E-state index in [1.807, 2.05) is 27.7 Å². The van der Waals surface area contributed by atoms with E-state index in [2.05, 4.69) is 5.10 Å². The number of esters is 1. The van der Waals surface area contributed by atoms with Crippen LogP contribution in [0.2, 0.25) is 0 Å². The summed E-state index contributed by atoms with van der Waals surface area (Å²) in [6.45, 7) is 7.40. The summed E-state index contributed by atoms with van der Waals surface area (Å²) < 4.78 is 5.20. The van der Waals surface area contributed by atoms with Gasteiger partial charge in [-0.15, -0.1) is 0 Å². The number of carbonyl (C=O) groups excluding carboxylic acids is 1. The molecule has 0 saturated heterocycles. The zero-order valence-electron chi connectivity index (χ0n) is 9.92. The second-order valence-corrected chi connectivity index (χ2v) is 4.25. The van der Waals surface area contributed by atoms with Gasteiger partial charge in [0.15, 0.2) is 0 Å². The third-order valence-electron chi connectivity index (χ3n) is 1.29. The minimum Gasteiger partial charge on any atom is -0.455 e. The Morgan fingerprint density at radius 2 is 1.86 bits per heavy atom. The predicted octanol–water partition coefficient (Wildman–Crippen LogP) is 1.66. The quantitative estimate of drug-likeness (QED) is 0.302. The summed E-state index contributed by atoms with van der Waals surface area (Å²) in [6, 6.07) is 0. The maximum atomic E-state index is 11.5. The van der Waals surface area contributed by atoms with Crippen LogP contribution >= 0.6 is 0 Å². The molecule has 4 nitrogen and oxygen atoms in total. The van der Waals surface area contributed by atoms with Crippen LogP contribution in [0.15, 0.2) is 5.10 Å². The highest BCUT2D eigenvalue weighted by atomic mass is 16.6. The van der Waals surface area contributed by atoms with Gasteiger partial charge in [-0.25, -0.2) is 4.79 Å². The van der Waals surface area contributed by atoms with Gasteiger partial charge in [0.2, 0.25) is 0 Å². The molecule has 0 unspecified atom stereocenters. The van der Waals surface area contributed by atoms with Gasteiger partial charge in [0.05, 0.1) is 0 Å². The molecule has 0 aromatic carbocycles. The van der Waals surface area contributed by atoms with Crippen LogP contribution in [-0.2, 0) is 9.53 Å². The average molecular weight is 201 g/mol. The van der Waals surface area contributed by atoms with Gasteiger partial charge in [0.25, 0.3) is 0 Å². The predicted molar refractivity (Wildman–Crippen MR) is 57.3 cm³/mol. The van der Waals surface area contributed by atoms with Crippen molar-refractivity contribution >= 4 is 11.7 Å². The van der Waals surface area contributed by atoms with E-state index >= 15 is 0 Å². The summed E-state index contributed by atoms with van der Waals surface area (Å²) in [7, 11) is 3.56. The maximum Gasteiger partial charge on any atom is 0.354 e. The van der Waals surface area contributed by atoms with Gasteiger partial charge < -0.3 is 9.75 Å². The number of ether oxygens (including phenoxy) is 1. The third kappa shape index (κ3) is 5.56. The Balaban J connectivity index is 4.49. The molecule has 0 radical (unpaired) electrons. The molecule has 0 saturated carbocycles. The van der Waals surface area contributed by atoms with E-state index in [-0.39, 0.29) is 5.97 Å². The molecule has 14 heavy (non-hydrogen) atoms. The van der Waals surface area contributed by atoms with Crippen LogP contribution in [0.25, 0.3) is 0 Å². The van der Waals surface area contributed by atoms with Crippen LogP contribution in [0.4, 0.5) is 0 Å². The van der Waals surface area contributed by atoms with Crippen molar-refractivity contribution in [3.63, 3.8) is 0 Å². The molecule has 0 N–H and O–H groups in total. The van der Waals surface area contributed by atoms with Crippen molar-refractivity contribution in [1.82, 2.24) is 5.01 Å². The van der Waals surface area contributed by atoms with E-state index in [1.54, 1.807) is 19.1 Å². The average Bonchev–Trinajstić information content (AvgIpc) is 1.96. The summed E-state index contributed by atoms with van der Waals surface area (Å²) in [5, 5.41) is 5.65. The van der Waals surface area contributed by atoms with Crippen molar-refractivity contribution in [2.24, 2.45) is 5.10 Å². The first-order valence-corrected chi connectivity index (χ1v) is 4.74. The number of nitrogens with zero attached hydrogens (tertiary/aromatic N) is 2. The Bertz CT molecular complexity index is 227. The van der Waals surface area contributed by atoms with E-state index in [4.69, 9.17) is 4.74 Å². The lowest BCUT2D eigenvalue weighted by atomic mass is 10.2. The first kappa shape index (κ1) is 12.9. The molecule has 0 aliphatic heterocycles. The number of hydrogen-bond acceptors (Lipinski definition) is 4. The summed E-state index contributed by atoms with van der Waals surface area (Å²) in [5.41, 5.74) is -0.00999. The van der Waals surface area contributed by atoms with E-state index in [0.29, 0.717) is 12.1 Å². The standard InChI is InChI=1S/C10H20N2O2/c1-7-8(11-12(5)6)9(13)14-10(2,3)4/h7H2,1-6H3/b11-8+/i1+1. The zero-order chi connectivity index (χ0) is 11.4. The minimum absolute atomic E-state index is 0.339. The number of hydrazone groups is 1. The second-order valence-electron chi connectivity index (χ2n) is 4.25. The number of carbonyl (C=O) groups is 1. The van der Waals surface area contributed by atoms with Gasteiger partial charge in [-0.1, -0.05) is 6.92 Å². The Morgan fingerprint density at radius 3 is 2.14 bits per heavy atom. The molecule has 0 rings (SSSR count). The molecule has 0 amide bonds. The number of hydrogen-bond donors (Lipinski definition) is 0. The highest BCUT2D eigenvalue weighted by molar-refractivity contribution is 6.36. The van der Waals surface area contributed by atoms with Gasteiger partial charge in [-0.3, -0.25) is 0 Å². The molecule has 4 heteroatoms. The van der Waals surface area contributed by atoms with E-state index in [1.165, 1.54) is 0 Å². The Hall–Kier alpha value is -1.06. The number of rotatable bonds is 3. The highest BCUT2D eigenvalue weighted by Gasteiger charge is 2.20. The molecule has 0 aromatic rings. The highest BCUT2D eigenvalue weighted by Crippen LogP contribution is 2.08. The van der Waals surface area contributed by atoms with Crippen LogP contribution in [0, 0.1) is 0 Å². The molecule has 0 bridgehead atoms. The van der Waals surface area contributed by atoms with Crippen molar-refractivity contribution < 1.29 is 9.53 Å². The summed E-state index contributed by atoms with van der Waals surface area (Å²) in [5.74, 6) is -0.339. The van der Waals surface area contributed by atoms with E-state index in [9.17, 15) is 4.79 Å². The van der Waals surface area contributed by atoms with Crippen LogP contribution < -0.4 is 0 Å². The Morgan fingerprint density at radius 1 is 1.36 bits per heavy atom. The van der Waals surface area contributed by atoms with Crippen molar-refractivity contribution in [2.75, 3.05) is 14.1 Å². The molecule has 82 valence electrons. The first-order chi connectivity index (χ1) is 6.26. The van der Waals surface area contributed by atoms with Crippen molar-refractivity contribution in [3.8, 4) is 0 Å². The molecule has 0 fully saturated rings. The lowest BCUT2D eigenvalue weighted by Crippen LogP contribution is -2.29. The first-order valence-electron chi connectivity index (χ1n) is 4.74. The molecule has 0 atom stereocenters. The summed E-state index contributed by atoms with van der Waals surface area (Å²) >= 11 is 0. The third-order valence-corrected chi connectivity index (χ3v) is 1.29. The minimum atomic E-state index is -0.459. The lowest BCUT2D eigenvalue weighted by molar-refractivity contribution is -0.146. The summed E-state index contributed by atoms with van der Waals surface area (Å²) in [4.78, 5) is 11.5. The summed E-state index contributed by atoms with van der Waals surface area (Å²) in [6.07, 6.45) is 0.576. The molecule has 0 aromatic heterocycles. The molecule has 0 aliphatic rings. The zero-order valence-corrected chi connectivity index (χ0v) is 9.92. The van der Waals surface area contributed by atoms with Crippen LogP contribution in [-0.4, -0.2) is 36.4 Å². The van der Waals surface area contributed by atoms with Gasteiger partial charge in [-0.2, -0.15) is 5.10 Å². The fourth-order valence-electron chi connectivity index (χ4n) is 0.834. The van der Waals surface area contributed by atoms with Crippen molar-refractivity contribution in [1.29, 1.82) is 0 Å². The SMILES string of the molecule is CN(C)/N=C(\C[13CH3])C(=O)OC(C)(C)C. The lowest BCUT2D eigenvalue weighted by Gasteiger charge is -2.20. The monoisotopic (exact) mass is 201 g/mol.